The van der Waals surface area contributed by atoms with E-state index in [1.54, 1.807) is 0 Å². The fraction of sp³-hybridized carbons (Fsp3) is 0.231. The van der Waals surface area contributed by atoms with Gasteiger partial charge in [-0.1, -0.05) is 30.3 Å². The Morgan fingerprint density at radius 1 is 1.26 bits per heavy atom. The number of benzene rings is 1. The third-order valence-electron chi connectivity index (χ3n) is 2.84. The number of nitrogens with zero attached hydrogens (tertiary/aromatic N) is 3. The van der Waals surface area contributed by atoms with Gasteiger partial charge in [0.25, 0.3) is 0 Å². The Morgan fingerprint density at radius 2 is 1.89 bits per heavy atom. The van der Waals surface area contributed by atoms with E-state index in [0.29, 0.717) is 12.2 Å². The van der Waals surface area contributed by atoms with Gasteiger partial charge in [0.2, 0.25) is 0 Å². The highest BCUT2D eigenvalue weighted by atomic mass is 16.6. The van der Waals surface area contributed by atoms with Crippen molar-refractivity contribution in [3.05, 3.63) is 64.2 Å². The van der Waals surface area contributed by atoms with E-state index in [-0.39, 0.29) is 11.7 Å². The molecule has 2 rings (SSSR count). The number of nitrogens with one attached hydrogen (secondary N) is 1. The van der Waals surface area contributed by atoms with Crippen LogP contribution >= 0.6 is 0 Å². The highest BCUT2D eigenvalue weighted by Gasteiger charge is 2.13. The second-order valence-electron chi connectivity index (χ2n) is 4.07. The molecule has 0 amide bonds. The third-order valence-corrected chi connectivity index (χ3v) is 2.84. The maximum absolute atomic E-state index is 10.5. The summed E-state index contributed by atoms with van der Waals surface area (Å²) in [7, 11) is 1.86. The van der Waals surface area contributed by atoms with Gasteiger partial charge in [0.1, 0.15) is 18.2 Å². The first-order valence-electron chi connectivity index (χ1n) is 5.88. The minimum absolute atomic E-state index is 0.0858. The van der Waals surface area contributed by atoms with Crippen LogP contribution < -0.4 is 5.32 Å². The van der Waals surface area contributed by atoms with E-state index >= 15 is 0 Å². The summed E-state index contributed by atoms with van der Waals surface area (Å²) < 4.78 is 0. The average Bonchev–Trinajstić information content (AvgIpc) is 2.46. The lowest BCUT2D eigenvalue weighted by Crippen LogP contribution is -2.19. The second kappa shape index (κ2) is 6.01. The average molecular weight is 258 g/mol. The summed E-state index contributed by atoms with van der Waals surface area (Å²) in [6.45, 7) is 0. The lowest BCUT2D eigenvalue weighted by Gasteiger charge is -2.15. The zero-order chi connectivity index (χ0) is 13.7. The van der Waals surface area contributed by atoms with Gasteiger partial charge in [-0.3, -0.25) is 10.1 Å². The summed E-state index contributed by atoms with van der Waals surface area (Å²) in [6.07, 6.45) is 3.05. The Hall–Kier alpha value is -2.34. The van der Waals surface area contributed by atoms with Gasteiger partial charge in [-0.15, -0.1) is 0 Å². The maximum Gasteiger partial charge on any atom is 0.305 e. The molecule has 1 aromatic heterocycles. The minimum Gasteiger partial charge on any atom is -0.313 e. The highest BCUT2D eigenvalue weighted by Crippen LogP contribution is 2.16. The standard InChI is InChI=1S/C13H14N4O2/c1-14-12(10-5-3-2-4-6-10)7-13-15-8-11(9-16-13)17(18)19/h2-6,8-9,12,14H,7H2,1H3. The molecule has 98 valence electrons. The van der Waals surface area contributed by atoms with Crippen molar-refractivity contribution in [2.75, 3.05) is 7.05 Å². The summed E-state index contributed by atoms with van der Waals surface area (Å²) in [4.78, 5) is 18.1. The van der Waals surface area contributed by atoms with Crippen molar-refractivity contribution >= 4 is 5.69 Å². The first-order valence-corrected chi connectivity index (χ1v) is 5.88. The molecule has 0 bridgehead atoms. The molecule has 0 aliphatic rings. The van der Waals surface area contributed by atoms with E-state index < -0.39 is 4.92 Å². The Balaban J connectivity index is 2.12. The SMILES string of the molecule is CNC(Cc1ncc([N+](=O)[O-])cn1)c1ccccc1. The molecule has 0 radical (unpaired) electrons. The van der Waals surface area contributed by atoms with Crippen molar-refractivity contribution in [2.24, 2.45) is 0 Å². The van der Waals surface area contributed by atoms with Crippen LogP contribution in [0.25, 0.3) is 0 Å². The number of likely N-dealkylation sites (N-methyl/N-ethyl adjacent to an activating group) is 1. The normalized spacial score (nSPS) is 12.1. The topological polar surface area (TPSA) is 81.0 Å². The number of rotatable bonds is 5. The molecule has 2 aromatic rings. The van der Waals surface area contributed by atoms with E-state index in [4.69, 9.17) is 0 Å². The van der Waals surface area contributed by atoms with E-state index in [9.17, 15) is 10.1 Å². The summed E-state index contributed by atoms with van der Waals surface area (Å²) in [6, 6.07) is 10.0. The van der Waals surface area contributed by atoms with Crippen molar-refractivity contribution in [1.29, 1.82) is 0 Å². The summed E-state index contributed by atoms with van der Waals surface area (Å²) in [5, 5.41) is 13.7. The molecule has 1 atom stereocenters. The molecule has 0 saturated carbocycles. The van der Waals surface area contributed by atoms with Crippen LogP contribution in [-0.4, -0.2) is 21.9 Å². The molecule has 0 saturated heterocycles. The maximum atomic E-state index is 10.5. The zero-order valence-corrected chi connectivity index (χ0v) is 10.5. The number of hydrogen-bond donors (Lipinski definition) is 1. The largest absolute Gasteiger partial charge is 0.313 e. The van der Waals surface area contributed by atoms with Crippen molar-refractivity contribution in [3.8, 4) is 0 Å². The Labute approximate surface area is 110 Å². The van der Waals surface area contributed by atoms with Gasteiger partial charge < -0.3 is 5.32 Å². The molecule has 6 nitrogen and oxygen atoms in total. The smallest absolute Gasteiger partial charge is 0.305 e. The molecular weight excluding hydrogens is 244 g/mol. The molecule has 0 aliphatic heterocycles. The Morgan fingerprint density at radius 3 is 2.42 bits per heavy atom. The van der Waals surface area contributed by atoms with E-state index in [2.05, 4.69) is 15.3 Å². The van der Waals surface area contributed by atoms with Gasteiger partial charge in [0.15, 0.2) is 0 Å². The molecule has 19 heavy (non-hydrogen) atoms. The van der Waals surface area contributed by atoms with Gasteiger partial charge in [-0.25, -0.2) is 9.97 Å². The van der Waals surface area contributed by atoms with Crippen LogP contribution in [0.4, 0.5) is 5.69 Å². The molecule has 0 aliphatic carbocycles. The highest BCUT2D eigenvalue weighted by molar-refractivity contribution is 5.23. The zero-order valence-electron chi connectivity index (χ0n) is 10.5. The van der Waals surface area contributed by atoms with Gasteiger partial charge in [0, 0.05) is 12.5 Å². The van der Waals surface area contributed by atoms with Gasteiger partial charge in [-0.2, -0.15) is 0 Å². The molecule has 1 aromatic carbocycles. The molecular formula is C13H14N4O2. The van der Waals surface area contributed by atoms with E-state index in [1.807, 2.05) is 37.4 Å². The first kappa shape index (κ1) is 13.1. The molecule has 0 spiro atoms. The first-order chi connectivity index (χ1) is 9.20. The fourth-order valence-electron chi connectivity index (χ4n) is 1.80. The lowest BCUT2D eigenvalue weighted by molar-refractivity contribution is -0.385. The van der Waals surface area contributed by atoms with Gasteiger partial charge in [0.05, 0.1) is 4.92 Å². The summed E-state index contributed by atoms with van der Waals surface area (Å²) in [5.41, 5.74) is 1.04. The van der Waals surface area contributed by atoms with Gasteiger partial charge >= 0.3 is 5.69 Å². The van der Waals surface area contributed by atoms with Crippen LogP contribution in [0.1, 0.15) is 17.4 Å². The summed E-state index contributed by atoms with van der Waals surface area (Å²) >= 11 is 0. The van der Waals surface area contributed by atoms with Crippen LogP contribution in [0.3, 0.4) is 0 Å². The number of hydrogen-bond acceptors (Lipinski definition) is 5. The molecule has 6 heteroatoms. The van der Waals surface area contributed by atoms with Gasteiger partial charge in [-0.05, 0) is 12.6 Å². The Kier molecular flexibility index (Phi) is 4.15. The van der Waals surface area contributed by atoms with Crippen LogP contribution in [0.5, 0.6) is 0 Å². The number of nitro groups is 1. The predicted molar refractivity (Wildman–Crippen MR) is 70.6 cm³/mol. The molecule has 0 fully saturated rings. The second-order valence-corrected chi connectivity index (χ2v) is 4.07. The van der Waals surface area contributed by atoms with Crippen LogP contribution in [0.2, 0.25) is 0 Å². The third kappa shape index (κ3) is 3.32. The van der Waals surface area contributed by atoms with Crippen LogP contribution in [0, 0.1) is 10.1 Å². The fourth-order valence-corrected chi connectivity index (χ4v) is 1.80. The van der Waals surface area contributed by atoms with Crippen molar-refractivity contribution < 1.29 is 4.92 Å². The van der Waals surface area contributed by atoms with Crippen molar-refractivity contribution in [3.63, 3.8) is 0 Å². The number of aromatic nitrogens is 2. The van der Waals surface area contributed by atoms with E-state index in [0.717, 1.165) is 5.56 Å². The molecule has 1 heterocycles. The van der Waals surface area contributed by atoms with Crippen LogP contribution in [0.15, 0.2) is 42.7 Å². The molecule has 1 N–H and O–H groups in total. The molecule has 1 unspecified atom stereocenters. The Bertz CT molecular complexity index is 542. The van der Waals surface area contributed by atoms with E-state index in [1.165, 1.54) is 12.4 Å². The monoisotopic (exact) mass is 258 g/mol. The van der Waals surface area contributed by atoms with Crippen molar-refractivity contribution in [2.45, 2.75) is 12.5 Å². The lowest BCUT2D eigenvalue weighted by atomic mass is 10.0. The summed E-state index contributed by atoms with van der Waals surface area (Å²) in [5.74, 6) is 0.578. The van der Waals surface area contributed by atoms with Crippen molar-refractivity contribution in [1.82, 2.24) is 15.3 Å². The predicted octanol–water partition coefficient (Wildman–Crippen LogP) is 1.89. The quantitative estimate of drug-likeness (QED) is 0.654. The van der Waals surface area contributed by atoms with Crippen LogP contribution in [-0.2, 0) is 6.42 Å². The minimum atomic E-state index is -0.503.